The highest BCUT2D eigenvalue weighted by molar-refractivity contribution is 9.10. The first-order chi connectivity index (χ1) is 9.63. The molecule has 106 valence electrons. The molecule has 7 heteroatoms. The van der Waals surface area contributed by atoms with E-state index in [1.807, 2.05) is 31.2 Å². The molecule has 0 fully saturated rings. The average Bonchev–Trinajstić information content (AvgIpc) is 2.87. The molecular formula is C13H15BrN4O2. The SMILES string of the molecule is CCCC(CC(=O)O)n1nnnc1-c1ccccc1Br. The predicted octanol–water partition coefficient (Wildman–Crippen LogP) is 2.92. The topological polar surface area (TPSA) is 80.9 Å². The third-order valence-corrected chi connectivity index (χ3v) is 3.68. The second kappa shape index (κ2) is 6.60. The number of aliphatic carboxylic acids is 1. The van der Waals surface area contributed by atoms with Gasteiger partial charge in [-0.3, -0.25) is 4.79 Å². The third-order valence-electron chi connectivity index (χ3n) is 2.99. The molecule has 0 saturated carbocycles. The molecule has 0 aliphatic rings. The molecule has 0 radical (unpaired) electrons. The number of carboxylic acids is 1. The number of tetrazole rings is 1. The summed E-state index contributed by atoms with van der Waals surface area (Å²) in [5.41, 5.74) is 0.851. The molecule has 1 heterocycles. The van der Waals surface area contributed by atoms with Gasteiger partial charge in [-0.1, -0.05) is 41.4 Å². The molecule has 2 aromatic rings. The van der Waals surface area contributed by atoms with E-state index in [-0.39, 0.29) is 12.5 Å². The van der Waals surface area contributed by atoms with Crippen LogP contribution in [0.1, 0.15) is 32.2 Å². The largest absolute Gasteiger partial charge is 0.481 e. The fourth-order valence-corrected chi connectivity index (χ4v) is 2.57. The van der Waals surface area contributed by atoms with Crippen molar-refractivity contribution in [1.29, 1.82) is 0 Å². The maximum atomic E-state index is 11.0. The smallest absolute Gasteiger partial charge is 0.305 e. The molecule has 1 unspecified atom stereocenters. The molecular weight excluding hydrogens is 324 g/mol. The van der Waals surface area contributed by atoms with E-state index in [0.29, 0.717) is 5.82 Å². The van der Waals surface area contributed by atoms with E-state index in [1.54, 1.807) is 4.68 Å². The molecule has 0 amide bonds. The van der Waals surface area contributed by atoms with E-state index in [0.717, 1.165) is 22.9 Å². The van der Waals surface area contributed by atoms with Gasteiger partial charge in [-0.15, -0.1) is 5.10 Å². The Hall–Kier alpha value is -1.76. The molecule has 2 rings (SSSR count). The van der Waals surface area contributed by atoms with Crippen molar-refractivity contribution in [2.24, 2.45) is 0 Å². The Morgan fingerprint density at radius 3 is 2.85 bits per heavy atom. The van der Waals surface area contributed by atoms with Crippen LogP contribution in [0.15, 0.2) is 28.7 Å². The fourth-order valence-electron chi connectivity index (χ4n) is 2.11. The Morgan fingerprint density at radius 1 is 1.45 bits per heavy atom. The summed E-state index contributed by atoms with van der Waals surface area (Å²) in [6.45, 7) is 2.01. The number of nitrogens with zero attached hydrogens (tertiary/aromatic N) is 4. The Kier molecular flexibility index (Phi) is 4.84. The van der Waals surface area contributed by atoms with Gasteiger partial charge in [0.2, 0.25) is 0 Å². The Morgan fingerprint density at radius 2 is 2.20 bits per heavy atom. The maximum absolute atomic E-state index is 11.0. The van der Waals surface area contributed by atoms with Gasteiger partial charge in [-0.25, -0.2) is 4.68 Å². The summed E-state index contributed by atoms with van der Waals surface area (Å²) in [5, 5.41) is 20.7. The van der Waals surface area contributed by atoms with Crippen molar-refractivity contribution in [3.05, 3.63) is 28.7 Å². The van der Waals surface area contributed by atoms with Crippen molar-refractivity contribution >= 4 is 21.9 Å². The standard InChI is InChI=1S/C13H15BrN4O2/c1-2-5-9(8-12(19)20)18-13(15-16-17-18)10-6-3-4-7-11(10)14/h3-4,6-7,9H,2,5,8H2,1H3,(H,19,20). The molecule has 0 saturated heterocycles. The number of benzene rings is 1. The van der Waals surface area contributed by atoms with E-state index in [9.17, 15) is 4.79 Å². The molecule has 1 N–H and O–H groups in total. The van der Waals surface area contributed by atoms with Crippen LogP contribution in [0, 0.1) is 0 Å². The van der Waals surface area contributed by atoms with Crippen LogP contribution in [0.4, 0.5) is 0 Å². The zero-order valence-electron chi connectivity index (χ0n) is 11.0. The first-order valence-corrected chi connectivity index (χ1v) is 7.17. The first kappa shape index (κ1) is 14.6. The van der Waals surface area contributed by atoms with Crippen molar-refractivity contribution in [1.82, 2.24) is 20.2 Å². The lowest BCUT2D eigenvalue weighted by atomic mass is 10.1. The van der Waals surface area contributed by atoms with Gasteiger partial charge in [0.25, 0.3) is 0 Å². The number of carbonyl (C=O) groups is 1. The van der Waals surface area contributed by atoms with Gasteiger partial charge in [0.05, 0.1) is 12.5 Å². The van der Waals surface area contributed by atoms with Crippen LogP contribution in [0.2, 0.25) is 0 Å². The summed E-state index contributed by atoms with van der Waals surface area (Å²) < 4.78 is 2.49. The zero-order chi connectivity index (χ0) is 14.5. The van der Waals surface area contributed by atoms with Gasteiger partial charge in [-0.05, 0) is 29.0 Å². The van der Waals surface area contributed by atoms with Crippen LogP contribution in [0.5, 0.6) is 0 Å². The van der Waals surface area contributed by atoms with E-state index < -0.39 is 5.97 Å². The lowest BCUT2D eigenvalue weighted by Gasteiger charge is -2.16. The summed E-state index contributed by atoms with van der Waals surface area (Å²) in [4.78, 5) is 11.0. The van der Waals surface area contributed by atoms with Crippen LogP contribution in [0.25, 0.3) is 11.4 Å². The van der Waals surface area contributed by atoms with Crippen molar-refractivity contribution in [3.63, 3.8) is 0 Å². The Bertz CT molecular complexity index is 600. The molecule has 0 spiro atoms. The van der Waals surface area contributed by atoms with Crippen LogP contribution in [-0.2, 0) is 4.79 Å². The predicted molar refractivity (Wildman–Crippen MR) is 77.2 cm³/mol. The normalized spacial score (nSPS) is 12.3. The third kappa shape index (κ3) is 3.22. The average molecular weight is 339 g/mol. The summed E-state index contributed by atoms with van der Waals surface area (Å²) >= 11 is 3.47. The second-order valence-electron chi connectivity index (χ2n) is 4.47. The number of rotatable bonds is 6. The molecule has 1 atom stereocenters. The van der Waals surface area contributed by atoms with Crippen molar-refractivity contribution in [2.75, 3.05) is 0 Å². The quantitative estimate of drug-likeness (QED) is 0.875. The summed E-state index contributed by atoms with van der Waals surface area (Å²) in [7, 11) is 0. The fraction of sp³-hybridized carbons (Fsp3) is 0.385. The number of hydrogen-bond acceptors (Lipinski definition) is 4. The minimum absolute atomic E-state index is 0.0103. The lowest BCUT2D eigenvalue weighted by Crippen LogP contribution is -2.16. The van der Waals surface area contributed by atoms with Crippen LogP contribution >= 0.6 is 15.9 Å². The number of hydrogen-bond donors (Lipinski definition) is 1. The van der Waals surface area contributed by atoms with Gasteiger partial charge in [0, 0.05) is 10.0 Å². The molecule has 0 bridgehead atoms. The van der Waals surface area contributed by atoms with Crippen molar-refractivity contribution in [3.8, 4) is 11.4 Å². The minimum Gasteiger partial charge on any atom is -0.481 e. The number of halogens is 1. The van der Waals surface area contributed by atoms with Gasteiger partial charge < -0.3 is 5.11 Å². The van der Waals surface area contributed by atoms with Crippen LogP contribution in [-0.4, -0.2) is 31.3 Å². The van der Waals surface area contributed by atoms with Gasteiger partial charge in [-0.2, -0.15) is 0 Å². The van der Waals surface area contributed by atoms with Crippen molar-refractivity contribution in [2.45, 2.75) is 32.2 Å². The molecule has 1 aromatic carbocycles. The summed E-state index contributed by atoms with van der Waals surface area (Å²) in [6.07, 6.45) is 1.60. The number of aromatic nitrogens is 4. The first-order valence-electron chi connectivity index (χ1n) is 6.38. The minimum atomic E-state index is -0.850. The zero-order valence-corrected chi connectivity index (χ0v) is 12.6. The second-order valence-corrected chi connectivity index (χ2v) is 5.32. The monoisotopic (exact) mass is 338 g/mol. The molecule has 1 aromatic heterocycles. The maximum Gasteiger partial charge on any atom is 0.305 e. The Balaban J connectivity index is 2.40. The van der Waals surface area contributed by atoms with E-state index in [4.69, 9.17) is 5.11 Å². The van der Waals surface area contributed by atoms with Crippen LogP contribution in [0.3, 0.4) is 0 Å². The van der Waals surface area contributed by atoms with E-state index >= 15 is 0 Å². The summed E-state index contributed by atoms with van der Waals surface area (Å²) in [6, 6.07) is 7.36. The Labute approximate surface area is 124 Å². The highest BCUT2D eigenvalue weighted by Gasteiger charge is 2.21. The highest BCUT2D eigenvalue weighted by Crippen LogP contribution is 2.29. The number of carboxylic acid groups (broad SMARTS) is 1. The van der Waals surface area contributed by atoms with Crippen LogP contribution < -0.4 is 0 Å². The van der Waals surface area contributed by atoms with Gasteiger partial charge in [0.15, 0.2) is 5.82 Å². The van der Waals surface area contributed by atoms with Crippen molar-refractivity contribution < 1.29 is 9.90 Å². The molecule has 6 nitrogen and oxygen atoms in total. The molecule has 20 heavy (non-hydrogen) atoms. The molecule has 0 aliphatic heterocycles. The van der Waals surface area contributed by atoms with Gasteiger partial charge in [0.1, 0.15) is 0 Å². The summed E-state index contributed by atoms with van der Waals surface area (Å²) in [5.74, 6) is -0.269. The highest BCUT2D eigenvalue weighted by atomic mass is 79.9. The molecule has 0 aliphatic carbocycles. The lowest BCUT2D eigenvalue weighted by molar-refractivity contribution is -0.138. The van der Waals surface area contributed by atoms with Gasteiger partial charge >= 0.3 is 5.97 Å². The van der Waals surface area contributed by atoms with E-state index in [2.05, 4.69) is 31.5 Å². The van der Waals surface area contributed by atoms with E-state index in [1.165, 1.54) is 0 Å².